The van der Waals surface area contributed by atoms with Gasteiger partial charge in [0.2, 0.25) is 0 Å². The summed E-state index contributed by atoms with van der Waals surface area (Å²) in [4.78, 5) is 12.1. The highest BCUT2D eigenvalue weighted by Crippen LogP contribution is 2.26. The zero-order chi connectivity index (χ0) is 10.7. The molecule has 0 spiro atoms. The fourth-order valence-corrected chi connectivity index (χ4v) is 4.26. The number of aryl methyl sites for hydroxylation is 1. The molecule has 0 bridgehead atoms. The zero-order valence-corrected chi connectivity index (χ0v) is 10.4. The molecule has 1 saturated heterocycles. The van der Waals surface area contributed by atoms with Crippen molar-refractivity contribution >= 4 is 29.3 Å². The topological polar surface area (TPSA) is 17.1 Å². The Bertz CT molecular complexity index is 356. The van der Waals surface area contributed by atoms with E-state index in [9.17, 15) is 4.79 Å². The molecule has 0 amide bonds. The van der Waals surface area contributed by atoms with Gasteiger partial charge in [-0.3, -0.25) is 4.79 Å². The van der Waals surface area contributed by atoms with E-state index in [1.807, 2.05) is 43.0 Å². The van der Waals surface area contributed by atoms with Crippen molar-refractivity contribution in [2.24, 2.45) is 0 Å². The van der Waals surface area contributed by atoms with Crippen molar-refractivity contribution in [2.45, 2.75) is 12.2 Å². The van der Waals surface area contributed by atoms with Crippen molar-refractivity contribution < 1.29 is 4.79 Å². The van der Waals surface area contributed by atoms with Crippen LogP contribution in [0.2, 0.25) is 0 Å². The van der Waals surface area contributed by atoms with Crippen molar-refractivity contribution in [3.63, 3.8) is 0 Å². The largest absolute Gasteiger partial charge is 0.293 e. The molecule has 1 aromatic carbocycles. The van der Waals surface area contributed by atoms with E-state index in [0.717, 1.165) is 22.6 Å². The number of thioether (sulfide) groups is 2. The van der Waals surface area contributed by atoms with Crippen molar-refractivity contribution in [1.82, 2.24) is 0 Å². The summed E-state index contributed by atoms with van der Waals surface area (Å²) in [7, 11) is 0. The van der Waals surface area contributed by atoms with Crippen LogP contribution in [0.3, 0.4) is 0 Å². The number of ketones is 1. The van der Waals surface area contributed by atoms with Crippen LogP contribution in [-0.4, -0.2) is 28.3 Å². The number of hydrogen-bond donors (Lipinski definition) is 0. The second-order valence-corrected chi connectivity index (χ2v) is 6.13. The maximum atomic E-state index is 12.1. The highest BCUT2D eigenvalue weighted by atomic mass is 32.2. The predicted octanol–water partition coefficient (Wildman–Crippen LogP) is 3.03. The fraction of sp³-hybridized carbons (Fsp3) is 0.417. The van der Waals surface area contributed by atoms with Crippen LogP contribution in [0.4, 0.5) is 0 Å². The molecule has 80 valence electrons. The van der Waals surface area contributed by atoms with Gasteiger partial charge in [-0.1, -0.05) is 23.8 Å². The van der Waals surface area contributed by atoms with Gasteiger partial charge < -0.3 is 0 Å². The lowest BCUT2D eigenvalue weighted by Gasteiger charge is -2.19. The average molecular weight is 238 g/mol. The summed E-state index contributed by atoms with van der Waals surface area (Å²) in [6, 6.07) is 7.90. The first kappa shape index (κ1) is 11.1. The first-order chi connectivity index (χ1) is 7.27. The Balaban J connectivity index is 2.12. The van der Waals surface area contributed by atoms with Gasteiger partial charge in [0.1, 0.15) is 0 Å². The van der Waals surface area contributed by atoms with Crippen LogP contribution in [0.1, 0.15) is 15.9 Å². The molecule has 1 aliphatic rings. The second-order valence-electron chi connectivity index (χ2n) is 3.67. The lowest BCUT2D eigenvalue weighted by atomic mass is 10.1. The van der Waals surface area contributed by atoms with Crippen molar-refractivity contribution in [1.29, 1.82) is 0 Å². The van der Waals surface area contributed by atoms with Gasteiger partial charge in [0.15, 0.2) is 5.78 Å². The summed E-state index contributed by atoms with van der Waals surface area (Å²) in [6.45, 7) is 2.03. The highest BCUT2D eigenvalue weighted by molar-refractivity contribution is 8.07. The van der Waals surface area contributed by atoms with E-state index in [-0.39, 0.29) is 5.25 Å². The number of rotatable bonds is 2. The van der Waals surface area contributed by atoms with E-state index in [1.54, 1.807) is 11.8 Å². The van der Waals surface area contributed by atoms with Crippen molar-refractivity contribution in [3.8, 4) is 0 Å². The van der Waals surface area contributed by atoms with Gasteiger partial charge in [-0.15, -0.1) is 11.8 Å². The average Bonchev–Trinajstić information content (AvgIpc) is 2.29. The number of carbonyl (C=O) groups excluding carboxylic acids is 1. The van der Waals surface area contributed by atoms with Crippen LogP contribution in [0.15, 0.2) is 24.3 Å². The molecule has 1 unspecified atom stereocenters. The molecule has 0 N–H and O–H groups in total. The lowest BCUT2D eigenvalue weighted by Crippen LogP contribution is -2.24. The Morgan fingerprint density at radius 2 is 2.27 bits per heavy atom. The Morgan fingerprint density at radius 1 is 1.40 bits per heavy atom. The predicted molar refractivity (Wildman–Crippen MR) is 69.1 cm³/mol. The third-order valence-electron chi connectivity index (χ3n) is 2.41. The normalized spacial score (nSPS) is 21.3. The number of carbonyl (C=O) groups is 1. The zero-order valence-electron chi connectivity index (χ0n) is 8.73. The molecule has 1 nitrogen and oxygen atoms in total. The van der Waals surface area contributed by atoms with E-state index in [0.29, 0.717) is 5.78 Å². The summed E-state index contributed by atoms with van der Waals surface area (Å²) in [5.74, 6) is 3.56. The maximum absolute atomic E-state index is 12.1. The second kappa shape index (κ2) is 5.08. The van der Waals surface area contributed by atoms with Crippen molar-refractivity contribution in [2.75, 3.05) is 17.3 Å². The molecule has 0 radical (unpaired) electrons. The molecular formula is C12H14OS2. The van der Waals surface area contributed by atoms with Gasteiger partial charge in [-0.05, 0) is 13.0 Å². The minimum Gasteiger partial charge on any atom is -0.293 e. The molecule has 1 aromatic rings. The van der Waals surface area contributed by atoms with Crippen LogP contribution in [0.5, 0.6) is 0 Å². The summed E-state index contributed by atoms with van der Waals surface area (Å²) in [5.41, 5.74) is 2.03. The monoisotopic (exact) mass is 238 g/mol. The third kappa shape index (κ3) is 2.79. The molecule has 0 aliphatic carbocycles. The molecule has 15 heavy (non-hydrogen) atoms. The molecule has 3 heteroatoms. The van der Waals surface area contributed by atoms with E-state index in [4.69, 9.17) is 0 Å². The smallest absolute Gasteiger partial charge is 0.176 e. The number of benzene rings is 1. The minimum absolute atomic E-state index is 0.172. The number of Topliss-reactive ketones (excluding diaryl/α,β-unsaturated/α-hetero) is 1. The Hall–Kier alpha value is -0.410. The van der Waals surface area contributed by atoms with Gasteiger partial charge in [0.05, 0.1) is 5.25 Å². The quantitative estimate of drug-likeness (QED) is 0.737. The summed E-state index contributed by atoms with van der Waals surface area (Å²) in [5, 5.41) is 0.172. The molecule has 1 atom stereocenters. The Labute approximate surface area is 99.0 Å². The molecule has 1 aliphatic heterocycles. The molecule has 2 rings (SSSR count). The van der Waals surface area contributed by atoms with Gasteiger partial charge >= 0.3 is 0 Å². The maximum Gasteiger partial charge on any atom is 0.176 e. The van der Waals surface area contributed by atoms with Crippen LogP contribution in [0, 0.1) is 6.92 Å². The standard InChI is InChI=1S/C12H14OS2/c1-9-3-2-4-10(7-9)12(13)11-8-14-5-6-15-11/h2-4,7,11H,5-6,8H2,1H3. The van der Waals surface area contributed by atoms with Crippen LogP contribution >= 0.6 is 23.5 Å². The lowest BCUT2D eigenvalue weighted by molar-refractivity contribution is 0.0995. The van der Waals surface area contributed by atoms with Gasteiger partial charge in [0.25, 0.3) is 0 Å². The van der Waals surface area contributed by atoms with Crippen LogP contribution in [0.25, 0.3) is 0 Å². The fourth-order valence-electron chi connectivity index (χ4n) is 1.62. The number of hydrogen-bond acceptors (Lipinski definition) is 3. The summed E-state index contributed by atoms with van der Waals surface area (Å²) < 4.78 is 0. The van der Waals surface area contributed by atoms with Gasteiger partial charge in [0, 0.05) is 22.8 Å². The van der Waals surface area contributed by atoms with Crippen LogP contribution < -0.4 is 0 Å². The SMILES string of the molecule is Cc1cccc(C(=O)C2CSCCS2)c1. The molecule has 0 saturated carbocycles. The Kier molecular flexibility index (Phi) is 3.76. The summed E-state index contributed by atoms with van der Waals surface area (Å²) >= 11 is 3.69. The van der Waals surface area contributed by atoms with Gasteiger partial charge in [-0.25, -0.2) is 0 Å². The van der Waals surface area contributed by atoms with Gasteiger partial charge in [-0.2, -0.15) is 11.8 Å². The molecule has 1 heterocycles. The van der Waals surface area contributed by atoms with E-state index >= 15 is 0 Å². The van der Waals surface area contributed by atoms with E-state index in [2.05, 4.69) is 0 Å². The van der Waals surface area contributed by atoms with E-state index < -0.39 is 0 Å². The highest BCUT2D eigenvalue weighted by Gasteiger charge is 2.23. The first-order valence-corrected chi connectivity index (χ1v) is 7.28. The minimum atomic E-state index is 0.172. The van der Waals surface area contributed by atoms with Crippen molar-refractivity contribution in [3.05, 3.63) is 35.4 Å². The molecule has 0 aromatic heterocycles. The third-order valence-corrected chi connectivity index (χ3v) is 5.17. The van der Waals surface area contributed by atoms with E-state index in [1.165, 1.54) is 5.75 Å². The molecular weight excluding hydrogens is 224 g/mol. The first-order valence-electron chi connectivity index (χ1n) is 5.07. The van der Waals surface area contributed by atoms with Crippen LogP contribution in [-0.2, 0) is 0 Å². The molecule has 1 fully saturated rings. The summed E-state index contributed by atoms with van der Waals surface area (Å²) in [6.07, 6.45) is 0. The Morgan fingerprint density at radius 3 is 2.93 bits per heavy atom.